The van der Waals surface area contributed by atoms with Gasteiger partial charge in [0, 0.05) is 42.3 Å². The lowest BCUT2D eigenvalue weighted by atomic mass is 9.47. The maximum atomic E-state index is 13.4. The van der Waals surface area contributed by atoms with Crippen molar-refractivity contribution in [2.45, 2.75) is 71.3 Å². The molecular weight excluding hydrogens is 422 g/mol. The highest BCUT2D eigenvalue weighted by atomic mass is 32.1. The Labute approximate surface area is 196 Å². The third-order valence-electron chi connectivity index (χ3n) is 8.81. The summed E-state index contributed by atoms with van der Waals surface area (Å²) in [6.07, 6.45) is 6.17. The molecule has 2 heterocycles. The summed E-state index contributed by atoms with van der Waals surface area (Å²) in [5.74, 6) is 1.00. The molecule has 0 spiro atoms. The minimum Gasteiger partial charge on any atom is -0.396 e. The number of amides is 1. The van der Waals surface area contributed by atoms with Crippen molar-refractivity contribution in [3.8, 4) is 0 Å². The van der Waals surface area contributed by atoms with Gasteiger partial charge in [0.15, 0.2) is 5.13 Å². The van der Waals surface area contributed by atoms with E-state index in [0.717, 1.165) is 49.6 Å². The number of nitrogens with zero attached hydrogens (tertiary/aromatic N) is 2. The van der Waals surface area contributed by atoms with Crippen molar-refractivity contribution < 1.29 is 15.0 Å². The monoisotopic (exact) mass is 461 g/mol. The van der Waals surface area contributed by atoms with Gasteiger partial charge in [0.1, 0.15) is 0 Å². The molecule has 1 saturated carbocycles. The van der Waals surface area contributed by atoms with Gasteiger partial charge in [-0.1, -0.05) is 26.8 Å². The second-order valence-electron chi connectivity index (χ2n) is 10.8. The molecular formula is C25H39N3O3S. The number of thiazole rings is 1. The molecule has 1 aromatic heterocycles. The zero-order chi connectivity index (χ0) is 23.1. The summed E-state index contributed by atoms with van der Waals surface area (Å²) in [7, 11) is 0. The molecule has 4 rings (SSSR count). The number of piperidine rings is 1. The highest BCUT2D eigenvalue weighted by Crippen LogP contribution is 2.62. The first-order valence-electron chi connectivity index (χ1n) is 12.1. The number of carbonyl (C=O) groups excluding carboxylic acids is 1. The smallest absolute Gasteiger partial charge is 0.223 e. The van der Waals surface area contributed by atoms with Crippen LogP contribution in [0.4, 0.5) is 5.13 Å². The Kier molecular flexibility index (Phi) is 6.72. The van der Waals surface area contributed by atoms with Gasteiger partial charge in [0.2, 0.25) is 5.91 Å². The number of hydrogen-bond acceptors (Lipinski definition) is 6. The van der Waals surface area contributed by atoms with Gasteiger partial charge < -0.3 is 20.4 Å². The molecule has 3 aliphatic rings. The average Bonchev–Trinajstić information content (AvgIpc) is 3.19. The van der Waals surface area contributed by atoms with Crippen LogP contribution in [0.5, 0.6) is 0 Å². The van der Waals surface area contributed by atoms with Crippen LogP contribution in [-0.2, 0) is 11.2 Å². The maximum Gasteiger partial charge on any atom is 0.223 e. The van der Waals surface area contributed by atoms with E-state index in [0.29, 0.717) is 25.3 Å². The summed E-state index contributed by atoms with van der Waals surface area (Å²) < 4.78 is 0. The minimum absolute atomic E-state index is 0.00277. The van der Waals surface area contributed by atoms with Crippen molar-refractivity contribution in [2.24, 2.45) is 22.7 Å². The molecule has 5 unspecified atom stereocenters. The summed E-state index contributed by atoms with van der Waals surface area (Å²) in [5.41, 5.74) is 0.285. The zero-order valence-electron chi connectivity index (χ0n) is 19.8. The Morgan fingerprint density at radius 1 is 1.34 bits per heavy atom. The second kappa shape index (κ2) is 9.07. The number of anilines is 1. The molecule has 0 aromatic carbocycles. The van der Waals surface area contributed by atoms with Gasteiger partial charge in [-0.25, -0.2) is 4.98 Å². The first-order chi connectivity index (χ1) is 15.2. The van der Waals surface area contributed by atoms with E-state index < -0.39 is 11.5 Å². The highest BCUT2D eigenvalue weighted by Gasteiger charge is 2.59. The molecule has 1 amide bonds. The van der Waals surface area contributed by atoms with Gasteiger partial charge in [0.25, 0.3) is 0 Å². The topological polar surface area (TPSA) is 85.7 Å². The normalized spacial score (nSPS) is 35.2. The Morgan fingerprint density at radius 3 is 2.72 bits per heavy atom. The Morgan fingerprint density at radius 2 is 2.06 bits per heavy atom. The second-order valence-corrected chi connectivity index (χ2v) is 11.9. The molecule has 178 valence electrons. The number of aliphatic hydroxyl groups excluding tert-OH is 2. The van der Waals surface area contributed by atoms with Gasteiger partial charge in [-0.15, -0.1) is 17.9 Å². The van der Waals surface area contributed by atoms with E-state index in [-0.39, 0.29) is 29.8 Å². The largest absolute Gasteiger partial charge is 0.396 e. The van der Waals surface area contributed by atoms with Crippen LogP contribution in [0.15, 0.2) is 12.7 Å². The maximum absolute atomic E-state index is 13.4. The lowest BCUT2D eigenvalue weighted by Crippen LogP contribution is -2.57. The fraction of sp³-hybridized carbons (Fsp3) is 0.760. The molecule has 2 fully saturated rings. The van der Waals surface area contributed by atoms with Gasteiger partial charge >= 0.3 is 0 Å². The fourth-order valence-corrected chi connectivity index (χ4v) is 7.52. The lowest BCUT2D eigenvalue weighted by molar-refractivity contribution is -0.147. The number of nitrogens with one attached hydrogen (secondary N) is 1. The van der Waals surface area contributed by atoms with E-state index in [2.05, 4.69) is 25.7 Å². The Balaban J connectivity index is 1.69. The summed E-state index contributed by atoms with van der Waals surface area (Å²) in [6, 6.07) is 0. The SMILES string of the molecule is C=CCNc1nc2c(s1)CC1C(C)(CO)C(O)CCC1(C)C2CC(=O)N1CCC(C)CC1. The standard InChI is InChI=1S/C25H39N3O3S/c1-5-10-26-23-27-22-17(13-21(31)28-11-7-16(2)8-12-28)24(3)9-6-20(30)25(4,15-29)19(24)14-18(22)32-23/h5,16-17,19-20,29-30H,1,6-15H2,2-4H3,(H,26,27). The van der Waals surface area contributed by atoms with E-state index in [1.165, 1.54) is 4.88 Å². The number of hydrogen-bond donors (Lipinski definition) is 3. The van der Waals surface area contributed by atoms with Gasteiger partial charge in [-0.05, 0) is 49.4 Å². The van der Waals surface area contributed by atoms with E-state index in [1.54, 1.807) is 11.3 Å². The van der Waals surface area contributed by atoms with Crippen LogP contribution in [0.3, 0.4) is 0 Å². The van der Waals surface area contributed by atoms with Crippen LogP contribution in [-0.4, -0.2) is 58.3 Å². The van der Waals surface area contributed by atoms with Crippen LogP contribution in [0.2, 0.25) is 0 Å². The number of aliphatic hydroxyl groups is 2. The van der Waals surface area contributed by atoms with E-state index in [4.69, 9.17) is 4.98 Å². The van der Waals surface area contributed by atoms with Gasteiger partial charge in [-0.2, -0.15) is 0 Å². The van der Waals surface area contributed by atoms with Crippen LogP contribution in [0, 0.1) is 22.7 Å². The number of likely N-dealkylation sites (tertiary alicyclic amines) is 1. The Hall–Kier alpha value is -1.44. The van der Waals surface area contributed by atoms with Crippen molar-refractivity contribution in [3.05, 3.63) is 23.2 Å². The highest BCUT2D eigenvalue weighted by molar-refractivity contribution is 7.15. The summed E-state index contributed by atoms with van der Waals surface area (Å²) in [4.78, 5) is 21.7. The zero-order valence-corrected chi connectivity index (χ0v) is 20.6. The first-order valence-corrected chi connectivity index (χ1v) is 13.0. The van der Waals surface area contributed by atoms with Gasteiger partial charge in [0.05, 0.1) is 18.4 Å². The number of carbonyl (C=O) groups is 1. The molecule has 5 atom stereocenters. The average molecular weight is 462 g/mol. The predicted molar refractivity (Wildman–Crippen MR) is 129 cm³/mol. The van der Waals surface area contributed by atoms with E-state index >= 15 is 0 Å². The van der Waals surface area contributed by atoms with E-state index in [1.807, 2.05) is 17.9 Å². The molecule has 0 bridgehead atoms. The molecule has 1 aliphatic heterocycles. The first kappa shape index (κ1) is 23.7. The number of aromatic nitrogens is 1. The predicted octanol–water partition coefficient (Wildman–Crippen LogP) is 3.81. The molecule has 1 aromatic rings. The summed E-state index contributed by atoms with van der Waals surface area (Å²) in [6.45, 7) is 12.6. The third kappa shape index (κ3) is 4.01. The molecule has 2 aliphatic carbocycles. The van der Waals surface area contributed by atoms with Crippen molar-refractivity contribution in [1.29, 1.82) is 0 Å². The molecule has 0 radical (unpaired) electrons. The van der Waals surface area contributed by atoms with Crippen molar-refractivity contribution >= 4 is 22.4 Å². The van der Waals surface area contributed by atoms with Gasteiger partial charge in [-0.3, -0.25) is 4.79 Å². The lowest BCUT2D eigenvalue weighted by Gasteiger charge is -2.58. The number of rotatable bonds is 6. The van der Waals surface area contributed by atoms with Crippen LogP contribution in [0.1, 0.15) is 69.4 Å². The van der Waals surface area contributed by atoms with Crippen molar-refractivity contribution in [1.82, 2.24) is 9.88 Å². The molecule has 6 nitrogen and oxygen atoms in total. The van der Waals surface area contributed by atoms with Crippen molar-refractivity contribution in [3.63, 3.8) is 0 Å². The molecule has 1 saturated heterocycles. The molecule has 32 heavy (non-hydrogen) atoms. The molecule has 3 N–H and O–H groups in total. The Bertz CT molecular complexity index is 849. The summed E-state index contributed by atoms with van der Waals surface area (Å²) in [5, 5.41) is 25.4. The quantitative estimate of drug-likeness (QED) is 0.561. The van der Waals surface area contributed by atoms with Crippen LogP contribution in [0.25, 0.3) is 0 Å². The minimum atomic E-state index is -0.578. The third-order valence-corrected chi connectivity index (χ3v) is 9.86. The van der Waals surface area contributed by atoms with Crippen molar-refractivity contribution in [2.75, 3.05) is 31.6 Å². The summed E-state index contributed by atoms with van der Waals surface area (Å²) >= 11 is 1.65. The van der Waals surface area contributed by atoms with E-state index in [9.17, 15) is 15.0 Å². The van der Waals surface area contributed by atoms with Crippen LogP contribution < -0.4 is 5.32 Å². The fourth-order valence-electron chi connectivity index (χ4n) is 6.44. The van der Waals surface area contributed by atoms with Crippen LogP contribution >= 0.6 is 11.3 Å². The molecule has 7 heteroatoms. The number of fused-ring (bicyclic) bond motifs is 2.